The Kier molecular flexibility index (Phi) is 4.13. The fourth-order valence-corrected chi connectivity index (χ4v) is 2.24. The van der Waals surface area contributed by atoms with E-state index < -0.39 is 0 Å². The summed E-state index contributed by atoms with van der Waals surface area (Å²) >= 11 is 6.05. The lowest BCUT2D eigenvalue weighted by Crippen LogP contribution is -2.29. The molecule has 0 atom stereocenters. The molecule has 0 spiro atoms. The molecule has 0 unspecified atom stereocenters. The van der Waals surface area contributed by atoms with Crippen molar-refractivity contribution in [3.05, 3.63) is 34.4 Å². The number of amides is 1. The SMILES string of the molecule is CCn1ncc(Cl)c1C(=O)N(C)Cc1cnn(C)c1C. The maximum absolute atomic E-state index is 12.5. The first-order valence-corrected chi connectivity index (χ1v) is 6.77. The lowest BCUT2D eigenvalue weighted by Gasteiger charge is -2.17. The predicted octanol–water partition coefficient (Wildman–Crippen LogP) is 1.87. The van der Waals surface area contributed by atoms with Gasteiger partial charge in [0.1, 0.15) is 5.69 Å². The molecule has 0 aliphatic rings. The van der Waals surface area contributed by atoms with Crippen molar-refractivity contribution in [2.24, 2.45) is 7.05 Å². The first kappa shape index (κ1) is 14.6. The van der Waals surface area contributed by atoms with E-state index in [1.54, 1.807) is 27.5 Å². The number of rotatable bonds is 4. The van der Waals surface area contributed by atoms with Crippen LogP contribution in [-0.2, 0) is 20.1 Å². The van der Waals surface area contributed by atoms with Gasteiger partial charge in [0, 0.05) is 38.4 Å². The fraction of sp³-hybridized carbons (Fsp3) is 0.462. The van der Waals surface area contributed by atoms with E-state index in [9.17, 15) is 4.79 Å². The van der Waals surface area contributed by atoms with Crippen LogP contribution in [0.4, 0.5) is 0 Å². The van der Waals surface area contributed by atoms with Crippen molar-refractivity contribution in [2.45, 2.75) is 26.9 Å². The van der Waals surface area contributed by atoms with Crippen LogP contribution in [-0.4, -0.2) is 37.4 Å². The van der Waals surface area contributed by atoms with Crippen molar-refractivity contribution in [3.63, 3.8) is 0 Å². The summed E-state index contributed by atoms with van der Waals surface area (Å²) in [6.07, 6.45) is 3.28. The van der Waals surface area contributed by atoms with Crippen LogP contribution in [0.2, 0.25) is 5.02 Å². The van der Waals surface area contributed by atoms with Crippen molar-refractivity contribution < 1.29 is 4.79 Å². The molecule has 7 heteroatoms. The lowest BCUT2D eigenvalue weighted by atomic mass is 10.2. The van der Waals surface area contributed by atoms with Gasteiger partial charge in [0.2, 0.25) is 0 Å². The summed E-state index contributed by atoms with van der Waals surface area (Å²) in [6, 6.07) is 0. The summed E-state index contributed by atoms with van der Waals surface area (Å²) in [5.41, 5.74) is 2.49. The zero-order chi connectivity index (χ0) is 14.9. The molecule has 0 aliphatic carbocycles. The molecule has 0 bridgehead atoms. The normalized spacial score (nSPS) is 10.8. The zero-order valence-electron chi connectivity index (χ0n) is 12.1. The molecule has 0 aromatic carbocycles. The number of hydrogen-bond donors (Lipinski definition) is 0. The lowest BCUT2D eigenvalue weighted by molar-refractivity contribution is 0.0772. The number of carbonyl (C=O) groups is 1. The van der Waals surface area contributed by atoms with Gasteiger partial charge in [0.15, 0.2) is 0 Å². The molecule has 2 heterocycles. The minimum atomic E-state index is -0.141. The van der Waals surface area contributed by atoms with Crippen LogP contribution in [0.3, 0.4) is 0 Å². The molecule has 2 aromatic heterocycles. The van der Waals surface area contributed by atoms with E-state index in [1.807, 2.05) is 20.9 Å². The summed E-state index contributed by atoms with van der Waals surface area (Å²) in [4.78, 5) is 14.1. The van der Waals surface area contributed by atoms with Crippen LogP contribution < -0.4 is 0 Å². The second-order valence-electron chi connectivity index (χ2n) is 4.70. The van der Waals surface area contributed by atoms with Gasteiger partial charge >= 0.3 is 0 Å². The van der Waals surface area contributed by atoms with E-state index in [-0.39, 0.29) is 5.91 Å². The van der Waals surface area contributed by atoms with E-state index in [1.165, 1.54) is 6.20 Å². The van der Waals surface area contributed by atoms with E-state index >= 15 is 0 Å². The van der Waals surface area contributed by atoms with E-state index in [0.29, 0.717) is 23.8 Å². The number of halogens is 1. The summed E-state index contributed by atoms with van der Waals surface area (Å²) < 4.78 is 3.40. The van der Waals surface area contributed by atoms with Gasteiger partial charge in [-0.1, -0.05) is 11.6 Å². The van der Waals surface area contributed by atoms with E-state index in [4.69, 9.17) is 11.6 Å². The summed E-state index contributed by atoms with van der Waals surface area (Å²) in [5.74, 6) is -0.141. The molecular weight excluding hydrogens is 278 g/mol. The molecule has 0 saturated carbocycles. The van der Waals surface area contributed by atoms with Gasteiger partial charge in [-0.2, -0.15) is 10.2 Å². The minimum absolute atomic E-state index is 0.141. The minimum Gasteiger partial charge on any atom is -0.336 e. The Morgan fingerprint density at radius 3 is 2.65 bits per heavy atom. The topological polar surface area (TPSA) is 56.0 Å². The highest BCUT2D eigenvalue weighted by Gasteiger charge is 2.21. The summed E-state index contributed by atoms with van der Waals surface area (Å²) in [7, 11) is 3.63. The molecule has 2 rings (SSSR count). The Balaban J connectivity index is 2.20. The molecule has 0 N–H and O–H groups in total. The number of nitrogens with zero attached hydrogens (tertiary/aromatic N) is 5. The van der Waals surface area contributed by atoms with Crippen molar-refractivity contribution >= 4 is 17.5 Å². The standard InChI is InChI=1S/C13H18ClN5O/c1-5-19-12(11(14)7-16-19)13(20)17(3)8-10-6-15-18(4)9(10)2/h6-7H,5,8H2,1-4H3. The number of carbonyl (C=O) groups excluding carboxylic acids is 1. The van der Waals surface area contributed by atoms with Crippen molar-refractivity contribution in [1.29, 1.82) is 0 Å². The Morgan fingerprint density at radius 2 is 2.10 bits per heavy atom. The monoisotopic (exact) mass is 295 g/mol. The van der Waals surface area contributed by atoms with Gasteiger partial charge in [0.25, 0.3) is 5.91 Å². The van der Waals surface area contributed by atoms with Gasteiger partial charge in [-0.25, -0.2) is 0 Å². The molecule has 0 radical (unpaired) electrons. The second kappa shape index (κ2) is 5.66. The van der Waals surface area contributed by atoms with Crippen LogP contribution >= 0.6 is 11.6 Å². The van der Waals surface area contributed by atoms with Crippen molar-refractivity contribution in [2.75, 3.05) is 7.05 Å². The average molecular weight is 296 g/mol. The smallest absolute Gasteiger partial charge is 0.273 e. The maximum Gasteiger partial charge on any atom is 0.273 e. The molecule has 0 saturated heterocycles. The van der Waals surface area contributed by atoms with Crippen LogP contribution in [0.15, 0.2) is 12.4 Å². The summed E-state index contributed by atoms with van der Waals surface area (Å²) in [6.45, 7) is 4.99. The number of aryl methyl sites for hydroxylation is 2. The highest BCUT2D eigenvalue weighted by atomic mass is 35.5. The number of hydrogen-bond acceptors (Lipinski definition) is 3. The van der Waals surface area contributed by atoms with E-state index in [2.05, 4.69) is 10.2 Å². The first-order valence-electron chi connectivity index (χ1n) is 6.40. The van der Waals surface area contributed by atoms with Gasteiger partial charge in [0.05, 0.1) is 17.4 Å². The fourth-order valence-electron chi connectivity index (χ4n) is 2.02. The molecule has 2 aromatic rings. The molecule has 6 nitrogen and oxygen atoms in total. The third-order valence-electron chi connectivity index (χ3n) is 3.39. The van der Waals surface area contributed by atoms with Crippen molar-refractivity contribution in [3.8, 4) is 0 Å². The Labute approximate surface area is 122 Å². The zero-order valence-corrected chi connectivity index (χ0v) is 12.8. The predicted molar refractivity (Wildman–Crippen MR) is 76.7 cm³/mol. The molecule has 20 heavy (non-hydrogen) atoms. The maximum atomic E-state index is 12.5. The van der Waals surface area contributed by atoms with Crippen LogP contribution in [0, 0.1) is 6.92 Å². The third-order valence-corrected chi connectivity index (χ3v) is 3.66. The summed E-state index contributed by atoms with van der Waals surface area (Å²) in [5, 5.41) is 8.65. The molecular formula is C13H18ClN5O. The van der Waals surface area contributed by atoms with Crippen LogP contribution in [0.5, 0.6) is 0 Å². The molecule has 1 amide bonds. The first-order chi connectivity index (χ1) is 9.45. The highest BCUT2D eigenvalue weighted by Crippen LogP contribution is 2.18. The van der Waals surface area contributed by atoms with Gasteiger partial charge in [-0.05, 0) is 13.8 Å². The molecule has 108 valence electrons. The van der Waals surface area contributed by atoms with Gasteiger partial charge < -0.3 is 4.90 Å². The highest BCUT2D eigenvalue weighted by molar-refractivity contribution is 6.33. The van der Waals surface area contributed by atoms with Gasteiger partial charge in [-0.3, -0.25) is 14.2 Å². The Hall–Kier alpha value is -1.82. The van der Waals surface area contributed by atoms with E-state index in [0.717, 1.165) is 11.3 Å². The third kappa shape index (κ3) is 2.56. The molecule has 0 aliphatic heterocycles. The molecule has 0 fully saturated rings. The number of aromatic nitrogens is 4. The average Bonchev–Trinajstić information content (AvgIpc) is 2.95. The van der Waals surface area contributed by atoms with Crippen molar-refractivity contribution in [1.82, 2.24) is 24.5 Å². The Morgan fingerprint density at radius 1 is 1.40 bits per heavy atom. The largest absolute Gasteiger partial charge is 0.336 e. The Bertz CT molecular complexity index is 631. The van der Waals surface area contributed by atoms with Gasteiger partial charge in [-0.15, -0.1) is 0 Å². The van der Waals surface area contributed by atoms with Crippen LogP contribution in [0.25, 0.3) is 0 Å². The quantitative estimate of drug-likeness (QED) is 0.865. The van der Waals surface area contributed by atoms with Crippen LogP contribution in [0.1, 0.15) is 28.7 Å². The second-order valence-corrected chi connectivity index (χ2v) is 5.10.